The van der Waals surface area contributed by atoms with E-state index in [9.17, 15) is 0 Å². The predicted molar refractivity (Wildman–Crippen MR) is 225 cm³/mol. The number of para-hydroxylation sites is 1. The van der Waals surface area contributed by atoms with Gasteiger partial charge in [-0.3, -0.25) is 0 Å². The van der Waals surface area contributed by atoms with Crippen molar-refractivity contribution in [3.8, 4) is 22.6 Å². The standard InChI is InChI=1S/C48H44OP2/c1-29-17-30(2)22-38(21-29)50(39-23-31(3)18-32(4)24-39)44-14-10-13-43-42-12-9-11-37-15-16-45(48(46(37)42)49-47(43)44)51(40-25-33(5)19-34(6)26-40)41-27-35(7)20-36(8)28-41/h9-28H,1-8H3. The van der Waals surface area contributed by atoms with Crippen LogP contribution in [-0.4, -0.2) is 0 Å². The van der Waals surface area contributed by atoms with Crippen LogP contribution in [0.4, 0.5) is 0 Å². The number of ether oxygens (including phenoxy) is 1. The molecule has 0 atom stereocenters. The molecule has 1 aliphatic heterocycles. The first-order chi connectivity index (χ1) is 24.5. The number of rotatable bonds is 6. The molecule has 252 valence electrons. The van der Waals surface area contributed by atoms with E-state index in [2.05, 4.69) is 177 Å². The summed E-state index contributed by atoms with van der Waals surface area (Å²) in [6.07, 6.45) is 0. The summed E-state index contributed by atoms with van der Waals surface area (Å²) in [7, 11) is -1.85. The van der Waals surface area contributed by atoms with Crippen molar-refractivity contribution in [2.45, 2.75) is 55.4 Å². The summed E-state index contributed by atoms with van der Waals surface area (Å²) in [5, 5.41) is 10.4. The van der Waals surface area contributed by atoms with Crippen molar-refractivity contribution in [2.24, 2.45) is 0 Å². The smallest absolute Gasteiger partial charge is 0.144 e. The number of hydrogen-bond acceptors (Lipinski definition) is 1. The molecule has 1 nitrogen and oxygen atoms in total. The van der Waals surface area contributed by atoms with Gasteiger partial charge in [-0.15, -0.1) is 0 Å². The minimum atomic E-state index is -0.928. The number of hydrogen-bond donors (Lipinski definition) is 0. The molecular formula is C48H44OP2. The third-order valence-electron chi connectivity index (χ3n) is 9.81. The molecule has 0 saturated carbocycles. The van der Waals surface area contributed by atoms with Crippen LogP contribution in [0.15, 0.2) is 121 Å². The normalized spacial score (nSPS) is 12.0. The van der Waals surface area contributed by atoms with E-state index in [-0.39, 0.29) is 0 Å². The van der Waals surface area contributed by atoms with E-state index in [4.69, 9.17) is 4.74 Å². The van der Waals surface area contributed by atoms with E-state index in [1.165, 1.54) is 98.2 Å². The number of aryl methyl sites for hydroxylation is 8. The molecule has 7 aromatic carbocycles. The van der Waals surface area contributed by atoms with E-state index >= 15 is 0 Å². The molecule has 0 N–H and O–H groups in total. The summed E-state index contributed by atoms with van der Waals surface area (Å²) < 4.78 is 7.53. The van der Waals surface area contributed by atoms with Crippen LogP contribution < -0.4 is 36.6 Å². The van der Waals surface area contributed by atoms with E-state index in [1.54, 1.807) is 0 Å². The monoisotopic (exact) mass is 698 g/mol. The molecule has 1 aliphatic rings. The molecule has 0 aromatic heterocycles. The lowest BCUT2D eigenvalue weighted by molar-refractivity contribution is 0.495. The van der Waals surface area contributed by atoms with Crippen LogP contribution in [0.25, 0.3) is 21.9 Å². The maximum atomic E-state index is 7.53. The van der Waals surface area contributed by atoms with Gasteiger partial charge < -0.3 is 4.74 Å². The van der Waals surface area contributed by atoms with Crippen LogP contribution >= 0.6 is 15.8 Å². The lowest BCUT2D eigenvalue weighted by atomic mass is 9.95. The van der Waals surface area contributed by atoms with Crippen LogP contribution in [0.2, 0.25) is 0 Å². The van der Waals surface area contributed by atoms with Crippen molar-refractivity contribution in [2.75, 3.05) is 0 Å². The average molecular weight is 699 g/mol. The fraction of sp³-hybridized carbons (Fsp3) is 0.167. The first kappa shape index (κ1) is 33.6. The third-order valence-corrected chi connectivity index (χ3v) is 14.6. The minimum absolute atomic E-state index is 0.923. The fourth-order valence-electron chi connectivity index (χ4n) is 8.13. The molecule has 3 heteroatoms. The van der Waals surface area contributed by atoms with E-state index < -0.39 is 15.8 Å². The number of fused-ring (bicyclic) bond motifs is 2. The van der Waals surface area contributed by atoms with Crippen molar-refractivity contribution >= 4 is 58.4 Å². The average Bonchev–Trinajstić information content (AvgIpc) is 3.05. The lowest BCUT2D eigenvalue weighted by Gasteiger charge is -2.31. The van der Waals surface area contributed by atoms with Crippen molar-refractivity contribution in [1.29, 1.82) is 0 Å². The molecular weight excluding hydrogens is 654 g/mol. The third kappa shape index (κ3) is 6.33. The second-order valence-electron chi connectivity index (χ2n) is 14.6. The van der Waals surface area contributed by atoms with Gasteiger partial charge in [-0.2, -0.15) is 0 Å². The summed E-state index contributed by atoms with van der Waals surface area (Å²) in [5.41, 5.74) is 12.7. The molecule has 1 heterocycles. The molecule has 0 amide bonds. The van der Waals surface area contributed by atoms with Gasteiger partial charge >= 0.3 is 0 Å². The zero-order chi connectivity index (χ0) is 35.6. The summed E-state index contributed by atoms with van der Waals surface area (Å²) in [4.78, 5) is 0. The molecule has 0 spiro atoms. The molecule has 0 aliphatic carbocycles. The van der Waals surface area contributed by atoms with E-state index in [1.807, 2.05) is 0 Å². The maximum absolute atomic E-state index is 7.53. The molecule has 0 bridgehead atoms. The fourth-order valence-corrected chi connectivity index (χ4v) is 13.7. The summed E-state index contributed by atoms with van der Waals surface area (Å²) in [6.45, 7) is 17.7. The first-order valence-electron chi connectivity index (χ1n) is 17.8. The lowest BCUT2D eigenvalue weighted by Crippen LogP contribution is -2.26. The highest BCUT2D eigenvalue weighted by Crippen LogP contribution is 2.51. The van der Waals surface area contributed by atoms with Crippen molar-refractivity contribution < 1.29 is 4.74 Å². The van der Waals surface area contributed by atoms with Gasteiger partial charge in [0.25, 0.3) is 0 Å². The SMILES string of the molecule is Cc1cc(C)cc(P(c2cc(C)cc(C)c2)c2cccc3c2Oc2c(P(c4cc(C)cc(C)c4)c4cc(C)cc(C)c4)ccc4cccc-3c24)c1. The zero-order valence-corrected chi connectivity index (χ0v) is 32.6. The van der Waals surface area contributed by atoms with Gasteiger partial charge in [-0.05, 0) is 109 Å². The summed E-state index contributed by atoms with van der Waals surface area (Å²) in [5.74, 6) is 1.99. The van der Waals surface area contributed by atoms with Crippen molar-refractivity contribution in [3.63, 3.8) is 0 Å². The topological polar surface area (TPSA) is 9.23 Å². The summed E-state index contributed by atoms with van der Waals surface area (Å²) >= 11 is 0. The predicted octanol–water partition coefficient (Wildman–Crippen LogP) is 10.6. The Bertz CT molecular complexity index is 2320. The molecule has 0 saturated heterocycles. The molecule has 0 unspecified atom stereocenters. The Kier molecular flexibility index (Phi) is 8.71. The number of benzene rings is 7. The van der Waals surface area contributed by atoms with E-state index in [0.29, 0.717) is 0 Å². The Balaban J connectivity index is 1.42. The van der Waals surface area contributed by atoms with Crippen molar-refractivity contribution in [1.82, 2.24) is 0 Å². The van der Waals surface area contributed by atoms with Gasteiger partial charge in [0, 0.05) is 21.6 Å². The van der Waals surface area contributed by atoms with Crippen LogP contribution in [0, 0.1) is 55.4 Å². The van der Waals surface area contributed by atoms with Crippen LogP contribution in [0.1, 0.15) is 44.5 Å². The van der Waals surface area contributed by atoms with Gasteiger partial charge in [0.1, 0.15) is 11.5 Å². The quantitative estimate of drug-likeness (QED) is 0.157. The summed E-state index contributed by atoms with van der Waals surface area (Å²) in [6, 6.07) is 46.5. The van der Waals surface area contributed by atoms with Gasteiger partial charge in [-0.1, -0.05) is 160 Å². The highest BCUT2D eigenvalue weighted by molar-refractivity contribution is 7.80. The van der Waals surface area contributed by atoms with Gasteiger partial charge in [0.05, 0.1) is 0 Å². The highest BCUT2D eigenvalue weighted by Gasteiger charge is 2.32. The highest BCUT2D eigenvalue weighted by atomic mass is 31.1. The van der Waals surface area contributed by atoms with Crippen molar-refractivity contribution in [3.05, 3.63) is 166 Å². The Morgan fingerprint density at radius 2 is 0.725 bits per heavy atom. The molecule has 7 aromatic rings. The largest absolute Gasteiger partial charge is 0.455 e. The first-order valence-corrected chi connectivity index (χ1v) is 20.5. The van der Waals surface area contributed by atoms with Crippen LogP contribution in [-0.2, 0) is 0 Å². The van der Waals surface area contributed by atoms with Gasteiger partial charge in [-0.25, -0.2) is 0 Å². The van der Waals surface area contributed by atoms with Gasteiger partial charge in [0.2, 0.25) is 0 Å². The Labute approximate surface area is 305 Å². The molecule has 0 fully saturated rings. The second-order valence-corrected chi connectivity index (χ2v) is 19.0. The van der Waals surface area contributed by atoms with Gasteiger partial charge in [0.15, 0.2) is 0 Å². The van der Waals surface area contributed by atoms with Crippen LogP contribution in [0.3, 0.4) is 0 Å². The molecule has 0 radical (unpaired) electrons. The molecule has 8 rings (SSSR count). The Morgan fingerprint density at radius 1 is 0.353 bits per heavy atom. The van der Waals surface area contributed by atoms with E-state index in [0.717, 1.165) is 11.5 Å². The Hall–Kier alpha value is -4.54. The zero-order valence-electron chi connectivity index (χ0n) is 30.8. The maximum Gasteiger partial charge on any atom is 0.144 e. The van der Waals surface area contributed by atoms with Crippen LogP contribution in [0.5, 0.6) is 11.5 Å². The Morgan fingerprint density at radius 3 is 1.16 bits per heavy atom. The minimum Gasteiger partial charge on any atom is -0.455 e. The second kappa shape index (κ2) is 13.2. The molecule has 51 heavy (non-hydrogen) atoms.